The molecule has 0 saturated carbocycles. The fraction of sp³-hybridized carbons (Fsp3) is 0.364. The molecule has 1 unspecified atom stereocenters. The van der Waals surface area contributed by atoms with E-state index in [0.29, 0.717) is 6.54 Å². The summed E-state index contributed by atoms with van der Waals surface area (Å²) in [4.78, 5) is 0. The number of hydrogen-bond donors (Lipinski definition) is 1. The molecule has 6 heteroatoms. The molecule has 88 valence electrons. The third-order valence-electron chi connectivity index (χ3n) is 3.04. The van der Waals surface area contributed by atoms with Crippen LogP contribution >= 0.6 is 0 Å². The summed E-state index contributed by atoms with van der Waals surface area (Å²) in [6, 6.07) is 5.94. The molecule has 1 N–H and O–H groups in total. The van der Waals surface area contributed by atoms with Gasteiger partial charge in [-0.15, -0.1) is 5.10 Å². The zero-order valence-corrected chi connectivity index (χ0v) is 9.37. The number of benzene rings is 1. The summed E-state index contributed by atoms with van der Waals surface area (Å²) in [6.07, 6.45) is -0.278. The maximum atomic E-state index is 9.20. The highest BCUT2D eigenvalue weighted by molar-refractivity contribution is 5.64. The van der Waals surface area contributed by atoms with E-state index in [1.807, 2.05) is 18.2 Å². The predicted octanol–water partition coefficient (Wildman–Crippen LogP) is 0.382. The molecule has 1 aromatic heterocycles. The number of nitrogens with zero attached hydrogens (tertiary/aromatic N) is 4. The summed E-state index contributed by atoms with van der Waals surface area (Å²) in [5.41, 5.74) is 3.15. The molecule has 0 radical (unpaired) electrons. The minimum Gasteiger partial charge on any atom is -0.393 e. The third-order valence-corrected chi connectivity index (χ3v) is 3.04. The number of tetrazole rings is 1. The molecule has 1 atom stereocenters. The summed E-state index contributed by atoms with van der Waals surface area (Å²) in [5.74, 6) is 0.796. The van der Waals surface area contributed by atoms with Crippen LogP contribution in [-0.4, -0.2) is 39.0 Å². The Morgan fingerprint density at radius 3 is 3.18 bits per heavy atom. The van der Waals surface area contributed by atoms with E-state index in [2.05, 4.69) is 15.5 Å². The van der Waals surface area contributed by atoms with Crippen LogP contribution < -0.4 is 0 Å². The molecular weight excluding hydrogens is 220 g/mol. The molecule has 2 heterocycles. The number of fused-ring (bicyclic) bond motifs is 3. The molecule has 6 nitrogen and oxygen atoms in total. The molecule has 0 spiro atoms. The number of aromatic nitrogens is 4. The molecule has 0 bridgehead atoms. The van der Waals surface area contributed by atoms with Gasteiger partial charge >= 0.3 is 0 Å². The Morgan fingerprint density at radius 1 is 1.53 bits per heavy atom. The average Bonchev–Trinajstić information content (AvgIpc) is 2.90. The van der Waals surface area contributed by atoms with Gasteiger partial charge in [-0.25, -0.2) is 4.68 Å². The minimum absolute atomic E-state index is 0.0281. The first-order valence-electron chi connectivity index (χ1n) is 5.36. The zero-order chi connectivity index (χ0) is 11.8. The second kappa shape index (κ2) is 3.90. The number of ether oxygens (including phenoxy) is 1. The Hall–Kier alpha value is -1.79. The number of hydrogen-bond acceptors (Lipinski definition) is 5. The first-order chi connectivity index (χ1) is 8.33. The summed E-state index contributed by atoms with van der Waals surface area (Å²) < 4.78 is 6.96. The maximum absolute atomic E-state index is 9.20. The molecule has 1 aliphatic rings. The molecular formula is C11H12N4O2. The van der Waals surface area contributed by atoms with Gasteiger partial charge in [0.15, 0.2) is 5.82 Å². The molecule has 3 rings (SSSR count). The standard InChI is InChI=1S/C11H12N4O2/c1-17-10(6-16)7-2-3-9-8(4-7)5-15-11(9)12-13-14-15/h2-4,10,16H,5-6H2,1H3. The normalized spacial score (nSPS) is 14.5. The highest BCUT2D eigenvalue weighted by atomic mass is 16.5. The van der Waals surface area contributed by atoms with Crippen molar-refractivity contribution in [2.45, 2.75) is 12.6 Å². The van der Waals surface area contributed by atoms with Crippen LogP contribution in [0.25, 0.3) is 11.4 Å². The Bertz CT molecular complexity index is 548. The zero-order valence-electron chi connectivity index (χ0n) is 9.37. The summed E-state index contributed by atoms with van der Waals surface area (Å²) in [5, 5.41) is 20.7. The van der Waals surface area contributed by atoms with Crippen LogP contribution in [0.2, 0.25) is 0 Å². The van der Waals surface area contributed by atoms with E-state index in [0.717, 1.165) is 22.5 Å². The van der Waals surface area contributed by atoms with Gasteiger partial charge in [0.1, 0.15) is 6.10 Å². The monoisotopic (exact) mass is 232 g/mol. The van der Waals surface area contributed by atoms with E-state index < -0.39 is 0 Å². The van der Waals surface area contributed by atoms with E-state index in [1.54, 1.807) is 11.8 Å². The van der Waals surface area contributed by atoms with Crippen LogP contribution in [0.15, 0.2) is 18.2 Å². The van der Waals surface area contributed by atoms with Gasteiger partial charge in [0.2, 0.25) is 0 Å². The Labute approximate surface area is 97.8 Å². The second-order valence-electron chi connectivity index (χ2n) is 3.98. The lowest BCUT2D eigenvalue weighted by Crippen LogP contribution is -2.06. The molecule has 1 aromatic carbocycles. The third kappa shape index (κ3) is 1.53. The summed E-state index contributed by atoms with van der Waals surface area (Å²) in [7, 11) is 1.59. The number of methoxy groups -OCH3 is 1. The van der Waals surface area contributed by atoms with Crippen LogP contribution in [0.4, 0.5) is 0 Å². The Kier molecular flexibility index (Phi) is 2.38. The van der Waals surface area contributed by atoms with E-state index in [-0.39, 0.29) is 12.7 Å². The van der Waals surface area contributed by atoms with Crippen molar-refractivity contribution >= 4 is 0 Å². The molecule has 0 fully saturated rings. The van der Waals surface area contributed by atoms with Crippen LogP contribution in [0.1, 0.15) is 17.2 Å². The minimum atomic E-state index is -0.278. The van der Waals surface area contributed by atoms with Gasteiger partial charge in [-0.3, -0.25) is 0 Å². The first kappa shape index (κ1) is 10.4. The van der Waals surface area contributed by atoms with Gasteiger partial charge in [0.25, 0.3) is 0 Å². The lowest BCUT2D eigenvalue weighted by atomic mass is 10.0. The molecule has 0 saturated heterocycles. The molecule has 0 amide bonds. The maximum Gasteiger partial charge on any atom is 0.182 e. The van der Waals surface area contributed by atoms with E-state index in [9.17, 15) is 5.11 Å². The molecule has 17 heavy (non-hydrogen) atoms. The van der Waals surface area contributed by atoms with E-state index >= 15 is 0 Å². The van der Waals surface area contributed by atoms with Gasteiger partial charge in [0, 0.05) is 12.7 Å². The summed E-state index contributed by atoms with van der Waals surface area (Å²) >= 11 is 0. The fourth-order valence-electron chi connectivity index (χ4n) is 2.14. The molecule has 0 aliphatic carbocycles. The fourth-order valence-corrected chi connectivity index (χ4v) is 2.14. The van der Waals surface area contributed by atoms with Gasteiger partial charge in [0.05, 0.1) is 13.2 Å². The van der Waals surface area contributed by atoms with Crippen LogP contribution in [0, 0.1) is 0 Å². The van der Waals surface area contributed by atoms with Gasteiger partial charge in [-0.2, -0.15) is 0 Å². The SMILES string of the molecule is COC(CO)c1ccc2c(c1)Cn1nnnc1-2. The number of aliphatic hydroxyl groups is 1. The smallest absolute Gasteiger partial charge is 0.182 e. The van der Waals surface area contributed by atoms with Crippen molar-refractivity contribution in [3.05, 3.63) is 29.3 Å². The molecule has 2 aromatic rings. The van der Waals surface area contributed by atoms with E-state index in [4.69, 9.17) is 4.74 Å². The lowest BCUT2D eigenvalue weighted by molar-refractivity contribution is 0.0484. The predicted molar refractivity (Wildman–Crippen MR) is 59.2 cm³/mol. The molecule has 1 aliphatic heterocycles. The topological polar surface area (TPSA) is 73.1 Å². The van der Waals surface area contributed by atoms with E-state index in [1.165, 1.54) is 0 Å². The van der Waals surface area contributed by atoms with Crippen molar-refractivity contribution in [1.29, 1.82) is 0 Å². The average molecular weight is 232 g/mol. The van der Waals surface area contributed by atoms with Crippen LogP contribution in [0.3, 0.4) is 0 Å². The van der Waals surface area contributed by atoms with Crippen LogP contribution in [0.5, 0.6) is 0 Å². The van der Waals surface area contributed by atoms with Crippen molar-refractivity contribution in [2.24, 2.45) is 0 Å². The number of aliphatic hydroxyl groups excluding tert-OH is 1. The van der Waals surface area contributed by atoms with Crippen molar-refractivity contribution in [3.63, 3.8) is 0 Å². The van der Waals surface area contributed by atoms with Crippen molar-refractivity contribution in [1.82, 2.24) is 20.2 Å². The van der Waals surface area contributed by atoms with Crippen LogP contribution in [-0.2, 0) is 11.3 Å². The van der Waals surface area contributed by atoms with Gasteiger partial charge in [-0.1, -0.05) is 18.2 Å². The highest BCUT2D eigenvalue weighted by Crippen LogP contribution is 2.31. The van der Waals surface area contributed by atoms with Gasteiger partial charge < -0.3 is 9.84 Å². The van der Waals surface area contributed by atoms with Gasteiger partial charge in [-0.05, 0) is 21.6 Å². The Balaban J connectivity index is 2.01. The lowest BCUT2D eigenvalue weighted by Gasteiger charge is -2.13. The van der Waals surface area contributed by atoms with Crippen molar-refractivity contribution in [3.8, 4) is 11.4 Å². The second-order valence-corrected chi connectivity index (χ2v) is 3.98. The van der Waals surface area contributed by atoms with Crippen molar-refractivity contribution < 1.29 is 9.84 Å². The number of rotatable bonds is 3. The highest BCUT2D eigenvalue weighted by Gasteiger charge is 2.22. The Morgan fingerprint density at radius 2 is 2.41 bits per heavy atom. The largest absolute Gasteiger partial charge is 0.393 e. The quantitative estimate of drug-likeness (QED) is 0.706. The summed E-state index contributed by atoms with van der Waals surface area (Å²) in [6.45, 7) is 0.646. The first-order valence-corrected chi connectivity index (χ1v) is 5.36. The van der Waals surface area contributed by atoms with Crippen molar-refractivity contribution in [2.75, 3.05) is 13.7 Å².